The Morgan fingerprint density at radius 2 is 1.60 bits per heavy atom. The lowest BCUT2D eigenvalue weighted by molar-refractivity contribution is -0.137. The molecule has 0 saturated carbocycles. The van der Waals surface area contributed by atoms with Crippen LogP contribution in [-0.2, 0) is 17.5 Å². The second-order valence-electron chi connectivity index (χ2n) is 6.39. The second-order valence-corrected chi connectivity index (χ2v) is 6.39. The van der Waals surface area contributed by atoms with Crippen LogP contribution in [0.3, 0.4) is 0 Å². The standard InChI is InChI=1S/C19H20F3NO2/c1-18(2,13-25-12-14-6-4-3-5-7-14)23-17(24)15-8-10-16(11-9-15)19(20,21)22/h3-11H,12-13H2,1-2H3,(H,23,24). The number of hydrogen-bond acceptors (Lipinski definition) is 2. The highest BCUT2D eigenvalue weighted by Gasteiger charge is 2.30. The maximum atomic E-state index is 12.6. The minimum atomic E-state index is -4.42. The second kappa shape index (κ2) is 7.70. The number of amides is 1. The van der Waals surface area contributed by atoms with Gasteiger partial charge in [0.2, 0.25) is 0 Å². The average Bonchev–Trinajstić information content (AvgIpc) is 2.54. The Kier molecular flexibility index (Phi) is 5.85. The van der Waals surface area contributed by atoms with Crippen LogP contribution >= 0.6 is 0 Å². The molecule has 0 unspecified atom stereocenters. The summed E-state index contributed by atoms with van der Waals surface area (Å²) in [5, 5.41) is 2.77. The fourth-order valence-corrected chi connectivity index (χ4v) is 2.22. The van der Waals surface area contributed by atoms with Crippen molar-refractivity contribution in [3.63, 3.8) is 0 Å². The van der Waals surface area contributed by atoms with E-state index in [4.69, 9.17) is 4.74 Å². The Morgan fingerprint density at radius 3 is 2.16 bits per heavy atom. The molecule has 6 heteroatoms. The van der Waals surface area contributed by atoms with Crippen molar-refractivity contribution in [1.29, 1.82) is 0 Å². The van der Waals surface area contributed by atoms with Gasteiger partial charge in [-0.3, -0.25) is 4.79 Å². The Balaban J connectivity index is 1.89. The van der Waals surface area contributed by atoms with E-state index in [1.807, 2.05) is 30.3 Å². The lowest BCUT2D eigenvalue weighted by Crippen LogP contribution is -2.47. The maximum absolute atomic E-state index is 12.6. The molecule has 0 aromatic heterocycles. The van der Waals surface area contributed by atoms with Crippen LogP contribution in [0.4, 0.5) is 13.2 Å². The highest BCUT2D eigenvalue weighted by atomic mass is 19.4. The van der Waals surface area contributed by atoms with Crippen molar-refractivity contribution in [2.24, 2.45) is 0 Å². The van der Waals surface area contributed by atoms with Gasteiger partial charge in [-0.05, 0) is 43.7 Å². The van der Waals surface area contributed by atoms with Crippen molar-refractivity contribution >= 4 is 5.91 Å². The molecule has 0 heterocycles. The van der Waals surface area contributed by atoms with Crippen molar-refractivity contribution in [3.05, 3.63) is 71.3 Å². The lowest BCUT2D eigenvalue weighted by Gasteiger charge is -2.26. The van der Waals surface area contributed by atoms with E-state index in [0.29, 0.717) is 6.61 Å². The Labute approximate surface area is 144 Å². The van der Waals surface area contributed by atoms with E-state index in [2.05, 4.69) is 5.32 Å². The minimum Gasteiger partial charge on any atom is -0.374 e. The van der Waals surface area contributed by atoms with Gasteiger partial charge in [0.15, 0.2) is 0 Å². The molecule has 0 spiro atoms. The van der Waals surface area contributed by atoms with Crippen LogP contribution in [-0.4, -0.2) is 18.1 Å². The molecule has 0 saturated heterocycles. The van der Waals surface area contributed by atoms with E-state index in [1.165, 1.54) is 12.1 Å². The van der Waals surface area contributed by atoms with E-state index in [9.17, 15) is 18.0 Å². The van der Waals surface area contributed by atoms with Gasteiger partial charge in [-0.15, -0.1) is 0 Å². The van der Waals surface area contributed by atoms with Crippen LogP contribution in [0.15, 0.2) is 54.6 Å². The molecule has 0 aliphatic heterocycles. The predicted molar refractivity (Wildman–Crippen MR) is 89.1 cm³/mol. The number of nitrogens with one attached hydrogen (secondary N) is 1. The maximum Gasteiger partial charge on any atom is 0.416 e. The summed E-state index contributed by atoms with van der Waals surface area (Å²) in [7, 11) is 0. The number of alkyl halides is 3. The van der Waals surface area contributed by atoms with Crippen LogP contribution in [0, 0.1) is 0 Å². The summed E-state index contributed by atoms with van der Waals surface area (Å²) in [6.45, 7) is 4.27. The van der Waals surface area contributed by atoms with Crippen molar-refractivity contribution in [2.75, 3.05) is 6.61 Å². The number of carbonyl (C=O) groups excluding carboxylic acids is 1. The first kappa shape index (κ1) is 19.0. The molecule has 0 atom stereocenters. The third-order valence-corrected chi connectivity index (χ3v) is 3.50. The molecule has 1 amide bonds. The number of rotatable bonds is 6. The molecule has 0 aliphatic rings. The first-order valence-corrected chi connectivity index (χ1v) is 7.79. The zero-order valence-electron chi connectivity index (χ0n) is 14.1. The highest BCUT2D eigenvalue weighted by molar-refractivity contribution is 5.94. The Bertz CT molecular complexity index is 695. The molecule has 0 fully saturated rings. The van der Waals surface area contributed by atoms with Crippen LogP contribution in [0.2, 0.25) is 0 Å². The summed E-state index contributed by atoms with van der Waals surface area (Å²) < 4.78 is 43.3. The molecule has 1 N–H and O–H groups in total. The van der Waals surface area contributed by atoms with Crippen molar-refractivity contribution in [1.82, 2.24) is 5.32 Å². The van der Waals surface area contributed by atoms with Crippen molar-refractivity contribution in [3.8, 4) is 0 Å². The highest BCUT2D eigenvalue weighted by Crippen LogP contribution is 2.29. The first-order chi connectivity index (χ1) is 11.7. The topological polar surface area (TPSA) is 38.3 Å². The molecule has 25 heavy (non-hydrogen) atoms. The Hall–Kier alpha value is -2.34. The number of hydrogen-bond donors (Lipinski definition) is 1. The molecular weight excluding hydrogens is 331 g/mol. The summed E-state index contributed by atoms with van der Waals surface area (Å²) in [5.41, 5.74) is -0.250. The molecule has 0 aliphatic carbocycles. The molecular formula is C19H20F3NO2. The normalized spacial score (nSPS) is 12.0. The molecule has 134 valence electrons. The number of halogens is 3. The average molecular weight is 351 g/mol. The fraction of sp³-hybridized carbons (Fsp3) is 0.316. The van der Waals surface area contributed by atoms with E-state index in [-0.39, 0.29) is 12.2 Å². The van der Waals surface area contributed by atoms with Gasteiger partial charge in [0, 0.05) is 5.56 Å². The molecule has 3 nitrogen and oxygen atoms in total. The van der Waals surface area contributed by atoms with Gasteiger partial charge in [0.05, 0.1) is 24.3 Å². The lowest BCUT2D eigenvalue weighted by atomic mass is 10.1. The van der Waals surface area contributed by atoms with Crippen molar-refractivity contribution < 1.29 is 22.7 Å². The summed E-state index contributed by atoms with van der Waals surface area (Å²) >= 11 is 0. The van der Waals surface area contributed by atoms with E-state index < -0.39 is 23.2 Å². The van der Waals surface area contributed by atoms with Gasteiger partial charge < -0.3 is 10.1 Å². The number of carbonyl (C=O) groups is 1. The van der Waals surface area contributed by atoms with E-state index in [1.54, 1.807) is 13.8 Å². The van der Waals surface area contributed by atoms with Crippen LogP contribution in [0.1, 0.15) is 35.3 Å². The first-order valence-electron chi connectivity index (χ1n) is 7.79. The minimum absolute atomic E-state index is 0.170. The van der Waals surface area contributed by atoms with Gasteiger partial charge in [0.1, 0.15) is 0 Å². The summed E-state index contributed by atoms with van der Waals surface area (Å²) in [6.07, 6.45) is -4.42. The number of benzene rings is 2. The van der Waals surface area contributed by atoms with Gasteiger partial charge in [-0.1, -0.05) is 30.3 Å². The van der Waals surface area contributed by atoms with Crippen LogP contribution < -0.4 is 5.32 Å². The summed E-state index contributed by atoms with van der Waals surface area (Å²) in [5.74, 6) is -0.443. The quantitative estimate of drug-likeness (QED) is 0.836. The molecule has 2 rings (SSSR count). The SMILES string of the molecule is CC(C)(COCc1ccccc1)NC(=O)c1ccc(C(F)(F)F)cc1. The largest absolute Gasteiger partial charge is 0.416 e. The van der Waals surface area contributed by atoms with E-state index >= 15 is 0 Å². The molecule has 0 radical (unpaired) electrons. The van der Waals surface area contributed by atoms with Gasteiger partial charge in [-0.2, -0.15) is 13.2 Å². The predicted octanol–water partition coefficient (Wildman–Crippen LogP) is 4.43. The molecule has 2 aromatic rings. The van der Waals surface area contributed by atoms with Gasteiger partial charge in [0.25, 0.3) is 5.91 Å². The number of ether oxygens (including phenoxy) is 1. The van der Waals surface area contributed by atoms with Crippen LogP contribution in [0.25, 0.3) is 0 Å². The van der Waals surface area contributed by atoms with Gasteiger partial charge in [-0.25, -0.2) is 0 Å². The van der Waals surface area contributed by atoms with E-state index in [0.717, 1.165) is 17.7 Å². The smallest absolute Gasteiger partial charge is 0.374 e. The fourth-order valence-electron chi connectivity index (χ4n) is 2.22. The Morgan fingerprint density at radius 1 is 1.00 bits per heavy atom. The zero-order valence-corrected chi connectivity index (χ0v) is 14.1. The van der Waals surface area contributed by atoms with Crippen molar-refractivity contribution in [2.45, 2.75) is 32.2 Å². The molecule has 2 aromatic carbocycles. The molecule has 0 bridgehead atoms. The third-order valence-electron chi connectivity index (χ3n) is 3.50. The summed E-state index contributed by atoms with van der Waals surface area (Å²) in [4.78, 5) is 12.2. The summed E-state index contributed by atoms with van der Waals surface area (Å²) in [6, 6.07) is 13.7. The van der Waals surface area contributed by atoms with Crippen LogP contribution in [0.5, 0.6) is 0 Å². The van der Waals surface area contributed by atoms with Gasteiger partial charge >= 0.3 is 6.18 Å². The zero-order chi connectivity index (χ0) is 18.5. The monoisotopic (exact) mass is 351 g/mol. The third kappa shape index (κ3) is 5.90.